The van der Waals surface area contributed by atoms with Gasteiger partial charge in [0.15, 0.2) is 0 Å². The Hall–Kier alpha value is -8.72. The van der Waals surface area contributed by atoms with Crippen molar-refractivity contribution in [1.82, 2.24) is 4.57 Å². The molecule has 1 aromatic heterocycles. The van der Waals surface area contributed by atoms with Crippen molar-refractivity contribution in [1.29, 1.82) is 0 Å². The number of benzene rings is 12. The predicted molar refractivity (Wildman–Crippen MR) is 337 cm³/mol. The van der Waals surface area contributed by atoms with E-state index in [1.165, 1.54) is 98.8 Å². The second-order valence-electron chi connectivity index (χ2n) is 24.6. The fourth-order valence-electron chi connectivity index (χ4n) is 12.1. The van der Waals surface area contributed by atoms with Crippen molar-refractivity contribution >= 4 is 71.2 Å². The largest absolute Gasteiger partial charge is 0.309 e. The van der Waals surface area contributed by atoms with E-state index in [1.54, 1.807) is 0 Å². The van der Waals surface area contributed by atoms with E-state index in [-0.39, 0.29) is 16.2 Å². The molecule has 0 unspecified atom stereocenters. The normalized spacial score (nSPS) is 12.4. The van der Waals surface area contributed by atoms with Crippen molar-refractivity contribution in [2.24, 2.45) is 0 Å². The van der Waals surface area contributed by atoms with Crippen LogP contribution >= 0.6 is 0 Å². The van der Waals surface area contributed by atoms with Crippen molar-refractivity contribution in [2.45, 2.75) is 78.6 Å². The van der Waals surface area contributed by atoms with Crippen LogP contribution in [-0.4, -0.2) is 4.57 Å². The van der Waals surface area contributed by atoms with Gasteiger partial charge in [-0.25, -0.2) is 0 Å². The maximum atomic E-state index is 2.61. The van der Waals surface area contributed by atoms with Crippen LogP contribution < -0.4 is 4.90 Å². The van der Waals surface area contributed by atoms with Crippen LogP contribution in [0, 0.1) is 0 Å². The summed E-state index contributed by atoms with van der Waals surface area (Å²) in [5, 5.41) is 9.94. The van der Waals surface area contributed by atoms with E-state index in [0.29, 0.717) is 0 Å². The zero-order valence-electron chi connectivity index (χ0n) is 46.4. The van der Waals surface area contributed by atoms with E-state index in [0.717, 1.165) is 39.3 Å². The van der Waals surface area contributed by atoms with Crippen LogP contribution in [0.4, 0.5) is 17.1 Å². The molecule has 0 saturated heterocycles. The molecule has 12 aromatic carbocycles. The number of hydrogen-bond acceptors (Lipinski definition) is 1. The summed E-state index contributed by atoms with van der Waals surface area (Å²) in [5.41, 5.74) is 20.2. The molecule has 1 heterocycles. The van der Waals surface area contributed by atoms with Crippen LogP contribution in [0.25, 0.3) is 104 Å². The molecule has 0 spiro atoms. The summed E-state index contributed by atoms with van der Waals surface area (Å²) < 4.78 is 2.48. The van der Waals surface area contributed by atoms with Gasteiger partial charge in [0.25, 0.3) is 0 Å². The van der Waals surface area contributed by atoms with Gasteiger partial charge < -0.3 is 9.47 Å². The molecule has 13 aromatic rings. The number of aromatic nitrogens is 1. The lowest BCUT2D eigenvalue weighted by Gasteiger charge is -2.33. The van der Waals surface area contributed by atoms with Crippen LogP contribution in [0.3, 0.4) is 0 Å². The van der Waals surface area contributed by atoms with Gasteiger partial charge in [-0.1, -0.05) is 256 Å². The summed E-state index contributed by atoms with van der Waals surface area (Å²) in [6, 6.07) is 89.2. The Labute approximate surface area is 460 Å². The monoisotopic (exact) mass is 1010 g/mol. The topological polar surface area (TPSA) is 8.17 Å². The van der Waals surface area contributed by atoms with Crippen molar-refractivity contribution < 1.29 is 0 Å². The van der Waals surface area contributed by atoms with E-state index < -0.39 is 0 Å². The average molecular weight is 1010 g/mol. The first-order valence-electron chi connectivity index (χ1n) is 27.7. The van der Waals surface area contributed by atoms with Crippen molar-refractivity contribution in [2.75, 3.05) is 4.90 Å². The van der Waals surface area contributed by atoms with Gasteiger partial charge in [-0.05, 0) is 130 Å². The molecule has 78 heavy (non-hydrogen) atoms. The Kier molecular flexibility index (Phi) is 11.6. The molecule has 0 amide bonds. The summed E-state index contributed by atoms with van der Waals surface area (Å²) in [7, 11) is 0. The van der Waals surface area contributed by atoms with E-state index in [4.69, 9.17) is 0 Å². The lowest BCUT2D eigenvalue weighted by atomic mass is 9.78. The van der Waals surface area contributed by atoms with E-state index in [1.807, 2.05) is 0 Å². The number of para-hydroxylation sites is 3. The summed E-state index contributed by atoms with van der Waals surface area (Å²) in [4.78, 5) is 2.61. The predicted octanol–water partition coefficient (Wildman–Crippen LogP) is 21.7. The van der Waals surface area contributed by atoms with Crippen LogP contribution in [0.15, 0.2) is 237 Å². The lowest BCUT2D eigenvalue weighted by Crippen LogP contribution is -2.16. The number of hydrogen-bond donors (Lipinski definition) is 0. The molecule has 0 aliphatic rings. The van der Waals surface area contributed by atoms with Gasteiger partial charge in [-0.2, -0.15) is 0 Å². The lowest BCUT2D eigenvalue weighted by molar-refractivity contribution is 0.569. The fraction of sp³-hybridized carbons (Fsp3) is 0.158. The molecule has 0 aliphatic carbocycles. The van der Waals surface area contributed by atoms with E-state index in [9.17, 15) is 0 Å². The maximum absolute atomic E-state index is 2.61. The number of nitrogens with zero attached hydrogens (tertiary/aromatic N) is 2. The molecule has 0 aliphatic heterocycles. The third-order valence-corrected chi connectivity index (χ3v) is 16.3. The van der Waals surface area contributed by atoms with Gasteiger partial charge in [0.1, 0.15) is 0 Å². The van der Waals surface area contributed by atoms with Gasteiger partial charge in [-0.3, -0.25) is 0 Å². The third kappa shape index (κ3) is 8.43. The second-order valence-corrected chi connectivity index (χ2v) is 24.6. The van der Waals surface area contributed by atoms with Gasteiger partial charge in [-0.15, -0.1) is 0 Å². The standard InChI is InChI=1S/C76H66N2/c1-74(2,3)57-43-55(44-58(47-57)75(4,5)6)53-26-20-27-54(42-53)56-45-59(76(7,8)9)48-60(46-56)77(73-61(49-22-12-10-13-23-49)30-21-31-62(73)50-24-14-11-15-25-50)69-40-36-51-35-39-66-70(41-37-52-34-38-65(69)71(51)72(52)66)78-67-32-18-16-28-63(67)64-29-17-19-33-68(64)78/h10-48H,1-9H3. The highest BCUT2D eigenvalue weighted by Gasteiger charge is 2.28. The summed E-state index contributed by atoms with van der Waals surface area (Å²) in [6.45, 7) is 21.0. The number of rotatable bonds is 8. The van der Waals surface area contributed by atoms with E-state index in [2.05, 4.69) is 308 Å². The molecular formula is C76H66N2. The Morgan fingerprint density at radius 1 is 0.308 bits per heavy atom. The molecule has 0 bridgehead atoms. The highest BCUT2D eigenvalue weighted by atomic mass is 15.1. The van der Waals surface area contributed by atoms with Crippen LogP contribution in [-0.2, 0) is 16.2 Å². The van der Waals surface area contributed by atoms with Crippen LogP contribution in [0.5, 0.6) is 0 Å². The van der Waals surface area contributed by atoms with Crippen molar-refractivity contribution in [3.63, 3.8) is 0 Å². The minimum absolute atomic E-state index is 0.00143. The van der Waals surface area contributed by atoms with Gasteiger partial charge in [0, 0.05) is 38.4 Å². The summed E-state index contributed by atoms with van der Waals surface area (Å²) >= 11 is 0. The first kappa shape index (κ1) is 48.9. The first-order chi connectivity index (χ1) is 37.6. The third-order valence-electron chi connectivity index (χ3n) is 16.3. The molecule has 0 saturated carbocycles. The second kappa shape index (κ2) is 18.5. The molecular weight excluding hydrogens is 941 g/mol. The first-order valence-corrected chi connectivity index (χ1v) is 27.7. The van der Waals surface area contributed by atoms with Crippen LogP contribution in [0.1, 0.15) is 79.0 Å². The Morgan fingerprint density at radius 2 is 0.744 bits per heavy atom. The minimum atomic E-state index is -0.177. The fourth-order valence-corrected chi connectivity index (χ4v) is 12.1. The minimum Gasteiger partial charge on any atom is -0.309 e. The van der Waals surface area contributed by atoms with Gasteiger partial charge >= 0.3 is 0 Å². The Bertz CT molecular complexity index is 4280. The summed E-state index contributed by atoms with van der Waals surface area (Å²) in [5.74, 6) is 0. The molecule has 380 valence electrons. The van der Waals surface area contributed by atoms with Gasteiger partial charge in [0.2, 0.25) is 0 Å². The SMILES string of the molecule is CC(C)(C)c1cc(-c2cccc(-c3cc(C(C)(C)C)cc(C(C)(C)C)c3)c2)cc(N(c2c(-c3ccccc3)cccc2-c2ccccc2)c2ccc3ccc4c(-n5c6ccccc6c6ccccc65)ccc5ccc2c3c54)c1. The Balaban J connectivity index is 1.10. The molecule has 13 rings (SSSR count). The average Bonchev–Trinajstić information content (AvgIpc) is 3.71. The zero-order valence-corrected chi connectivity index (χ0v) is 46.4. The van der Waals surface area contributed by atoms with Gasteiger partial charge in [0.05, 0.1) is 28.1 Å². The molecule has 2 heteroatoms. The quantitative estimate of drug-likeness (QED) is 0.138. The molecule has 0 fully saturated rings. The molecule has 0 radical (unpaired) electrons. The number of anilines is 3. The molecule has 2 nitrogen and oxygen atoms in total. The smallest absolute Gasteiger partial charge is 0.0618 e. The molecule has 0 atom stereocenters. The van der Waals surface area contributed by atoms with Crippen molar-refractivity contribution in [3.8, 4) is 50.2 Å². The Morgan fingerprint density at radius 3 is 1.29 bits per heavy atom. The van der Waals surface area contributed by atoms with Crippen LogP contribution in [0.2, 0.25) is 0 Å². The highest BCUT2D eigenvalue weighted by molar-refractivity contribution is 6.28. The molecule has 0 N–H and O–H groups in total. The zero-order chi connectivity index (χ0) is 53.7. The number of fused-ring (bicyclic) bond motifs is 3. The van der Waals surface area contributed by atoms with E-state index >= 15 is 0 Å². The highest BCUT2D eigenvalue weighted by Crippen LogP contribution is 2.52. The van der Waals surface area contributed by atoms with Crippen molar-refractivity contribution in [3.05, 3.63) is 253 Å². The maximum Gasteiger partial charge on any atom is 0.0618 e. The summed E-state index contributed by atoms with van der Waals surface area (Å²) in [6.07, 6.45) is 0.